The molecule has 2 N–H and O–H groups in total. The van der Waals surface area contributed by atoms with Crippen molar-refractivity contribution < 1.29 is 33.4 Å². The molecule has 0 radical (unpaired) electrons. The van der Waals surface area contributed by atoms with Crippen molar-refractivity contribution in [2.45, 2.75) is 84.7 Å². The van der Waals surface area contributed by atoms with Gasteiger partial charge in [-0.2, -0.15) is 0 Å². The molecule has 0 saturated carbocycles. The van der Waals surface area contributed by atoms with Crippen LogP contribution in [0.15, 0.2) is 30.3 Å². The van der Waals surface area contributed by atoms with Gasteiger partial charge in [0.1, 0.15) is 23.9 Å². The van der Waals surface area contributed by atoms with Gasteiger partial charge in [0, 0.05) is 6.54 Å². The summed E-state index contributed by atoms with van der Waals surface area (Å²) in [6, 6.07) is 7.54. The Hall–Kier alpha value is -3.34. The first kappa shape index (κ1) is 28.9. The van der Waals surface area contributed by atoms with E-state index < -0.39 is 41.3 Å². The van der Waals surface area contributed by atoms with E-state index in [4.69, 9.17) is 14.2 Å². The van der Waals surface area contributed by atoms with E-state index in [1.807, 2.05) is 30.3 Å². The molecule has 1 aliphatic rings. The van der Waals surface area contributed by atoms with Gasteiger partial charge in [0.05, 0.1) is 13.0 Å². The maximum Gasteiger partial charge on any atom is 0.426 e. The van der Waals surface area contributed by atoms with Crippen molar-refractivity contribution in [2.24, 2.45) is 0 Å². The largest absolute Gasteiger partial charge is 0.461 e. The summed E-state index contributed by atoms with van der Waals surface area (Å²) in [6.45, 7) is 10.6. The van der Waals surface area contributed by atoms with Crippen LogP contribution in [0, 0.1) is 0 Å². The number of hydrogen-bond donors (Lipinski definition) is 2. The predicted octanol–water partition coefficient (Wildman–Crippen LogP) is 3.29. The highest BCUT2D eigenvalue weighted by Crippen LogP contribution is 2.18. The summed E-state index contributed by atoms with van der Waals surface area (Å²) in [4.78, 5) is 51.0. The summed E-state index contributed by atoms with van der Waals surface area (Å²) in [7, 11) is 0. The molecule has 1 aromatic rings. The van der Waals surface area contributed by atoms with Gasteiger partial charge in [-0.15, -0.1) is 0 Å². The Morgan fingerprint density at radius 2 is 1.67 bits per heavy atom. The lowest BCUT2D eigenvalue weighted by Crippen LogP contribution is -2.63. The molecule has 0 unspecified atom stereocenters. The average Bonchev–Trinajstić information content (AvgIpc) is 2.78. The lowest BCUT2D eigenvalue weighted by atomic mass is 10.1. The first-order valence-electron chi connectivity index (χ1n) is 12.0. The fourth-order valence-corrected chi connectivity index (χ4v) is 3.28. The zero-order valence-electron chi connectivity index (χ0n) is 22.0. The Morgan fingerprint density at radius 3 is 2.28 bits per heavy atom. The van der Waals surface area contributed by atoms with Gasteiger partial charge in [0.15, 0.2) is 0 Å². The molecule has 1 atom stereocenters. The van der Waals surface area contributed by atoms with Crippen LogP contribution in [-0.4, -0.2) is 64.4 Å². The number of esters is 2. The highest BCUT2D eigenvalue weighted by atomic mass is 16.6. The zero-order chi connectivity index (χ0) is 26.9. The van der Waals surface area contributed by atoms with Crippen LogP contribution in [0.1, 0.15) is 66.4 Å². The van der Waals surface area contributed by atoms with Crippen molar-refractivity contribution >= 4 is 24.1 Å². The molecule has 2 rings (SSSR count). The van der Waals surface area contributed by atoms with Gasteiger partial charge in [-0.3, -0.25) is 4.79 Å². The fraction of sp³-hybridized carbons (Fsp3) is 0.600. The summed E-state index contributed by atoms with van der Waals surface area (Å²) in [5.41, 5.74) is 4.57. The average molecular weight is 507 g/mol. The highest BCUT2D eigenvalue weighted by Gasteiger charge is 2.38. The molecule has 11 heteroatoms. The van der Waals surface area contributed by atoms with E-state index in [1.54, 1.807) is 41.5 Å². The molecule has 1 aliphatic heterocycles. The molecular weight excluding hydrogens is 468 g/mol. The number of nitrogens with zero attached hydrogens (tertiary/aromatic N) is 2. The molecule has 200 valence electrons. The molecule has 0 spiro atoms. The van der Waals surface area contributed by atoms with Crippen LogP contribution in [0.4, 0.5) is 9.59 Å². The number of nitrogens with one attached hydrogen (secondary N) is 2. The third-order valence-corrected chi connectivity index (χ3v) is 4.77. The van der Waals surface area contributed by atoms with E-state index in [2.05, 4.69) is 10.9 Å². The number of carbonyl (C=O) groups excluding carboxylic acids is 4. The van der Waals surface area contributed by atoms with Crippen molar-refractivity contribution in [2.75, 3.05) is 13.1 Å². The molecule has 1 saturated heterocycles. The number of urea groups is 1. The number of hydrazine groups is 2. The number of carbonyl (C=O) groups is 4. The number of benzene rings is 1. The standard InChI is InChI=1S/C25H38N4O7/c1-24(2,3)35-21(31)19-13-10-15-26-29(19)23(33)28(27-22(32)36-25(4,5)6)16-14-20(30)34-17-18-11-8-7-9-12-18/h7-9,11-12,19,26H,10,13-17H2,1-6H3,(H,27,32)/t19-/m0/s1. The second kappa shape index (κ2) is 12.6. The summed E-state index contributed by atoms with van der Waals surface area (Å²) in [5.74, 6) is -1.12. The van der Waals surface area contributed by atoms with Crippen molar-refractivity contribution in [3.05, 3.63) is 35.9 Å². The van der Waals surface area contributed by atoms with Crippen molar-refractivity contribution in [3.63, 3.8) is 0 Å². The van der Waals surface area contributed by atoms with E-state index in [-0.39, 0.29) is 19.6 Å². The first-order chi connectivity index (χ1) is 16.7. The van der Waals surface area contributed by atoms with E-state index in [0.29, 0.717) is 19.4 Å². The normalized spacial score (nSPS) is 16.1. The highest BCUT2D eigenvalue weighted by molar-refractivity contribution is 5.85. The number of amides is 3. The minimum absolute atomic E-state index is 0.0848. The van der Waals surface area contributed by atoms with E-state index in [0.717, 1.165) is 15.6 Å². The predicted molar refractivity (Wildman–Crippen MR) is 131 cm³/mol. The van der Waals surface area contributed by atoms with Gasteiger partial charge in [-0.05, 0) is 59.9 Å². The molecule has 11 nitrogen and oxygen atoms in total. The summed E-state index contributed by atoms with van der Waals surface area (Å²) < 4.78 is 16.0. The Balaban J connectivity index is 2.11. The zero-order valence-corrected chi connectivity index (χ0v) is 22.0. The lowest BCUT2D eigenvalue weighted by molar-refractivity contribution is -0.163. The molecule has 36 heavy (non-hydrogen) atoms. The van der Waals surface area contributed by atoms with Crippen LogP contribution in [0.3, 0.4) is 0 Å². The first-order valence-corrected chi connectivity index (χ1v) is 12.0. The monoisotopic (exact) mass is 506 g/mol. The van der Waals surface area contributed by atoms with Gasteiger partial charge in [0.25, 0.3) is 0 Å². The quantitative estimate of drug-likeness (QED) is 0.342. The molecule has 1 aromatic carbocycles. The Morgan fingerprint density at radius 1 is 1.03 bits per heavy atom. The molecule has 1 heterocycles. The summed E-state index contributed by atoms with van der Waals surface area (Å²) in [5, 5.41) is 2.07. The van der Waals surface area contributed by atoms with Crippen LogP contribution in [-0.2, 0) is 30.4 Å². The van der Waals surface area contributed by atoms with Crippen molar-refractivity contribution in [1.29, 1.82) is 0 Å². The van der Waals surface area contributed by atoms with Crippen LogP contribution in [0.5, 0.6) is 0 Å². The third-order valence-electron chi connectivity index (χ3n) is 4.77. The molecule has 1 fully saturated rings. The van der Waals surface area contributed by atoms with Gasteiger partial charge in [-0.25, -0.2) is 35.3 Å². The lowest BCUT2D eigenvalue weighted by Gasteiger charge is -2.38. The van der Waals surface area contributed by atoms with Crippen molar-refractivity contribution in [3.8, 4) is 0 Å². The Bertz CT molecular complexity index is 909. The second-order valence-electron chi connectivity index (χ2n) is 10.4. The summed E-state index contributed by atoms with van der Waals surface area (Å²) in [6.07, 6.45) is -0.0370. The van der Waals surface area contributed by atoms with Gasteiger partial charge in [0.2, 0.25) is 0 Å². The number of hydrogen-bond acceptors (Lipinski definition) is 8. The number of ether oxygens (including phenoxy) is 3. The maximum atomic E-state index is 13.4. The van der Waals surface area contributed by atoms with Crippen LogP contribution in [0.25, 0.3) is 0 Å². The van der Waals surface area contributed by atoms with E-state index in [1.165, 1.54) is 0 Å². The number of rotatable bonds is 6. The fourth-order valence-electron chi connectivity index (χ4n) is 3.28. The smallest absolute Gasteiger partial charge is 0.426 e. The van der Waals surface area contributed by atoms with Crippen LogP contribution in [0.2, 0.25) is 0 Å². The van der Waals surface area contributed by atoms with E-state index >= 15 is 0 Å². The topological polar surface area (TPSA) is 127 Å². The van der Waals surface area contributed by atoms with E-state index in [9.17, 15) is 19.2 Å². The molecular formula is C25H38N4O7. The SMILES string of the molecule is CC(C)(C)OC(=O)NN(CCC(=O)OCc1ccccc1)C(=O)N1NCCC[C@H]1C(=O)OC(C)(C)C. The van der Waals surface area contributed by atoms with Crippen LogP contribution < -0.4 is 10.9 Å². The minimum atomic E-state index is -0.904. The van der Waals surface area contributed by atoms with Crippen molar-refractivity contribution in [1.82, 2.24) is 20.9 Å². The second-order valence-corrected chi connectivity index (χ2v) is 10.4. The maximum absolute atomic E-state index is 13.4. The molecule has 0 bridgehead atoms. The van der Waals surface area contributed by atoms with Gasteiger partial charge < -0.3 is 14.2 Å². The molecule has 0 aromatic heterocycles. The van der Waals surface area contributed by atoms with Gasteiger partial charge in [-0.1, -0.05) is 30.3 Å². The molecule has 0 aliphatic carbocycles. The van der Waals surface area contributed by atoms with Crippen LogP contribution >= 0.6 is 0 Å². The third kappa shape index (κ3) is 10.1. The van der Waals surface area contributed by atoms with Gasteiger partial charge >= 0.3 is 24.1 Å². The summed E-state index contributed by atoms with van der Waals surface area (Å²) >= 11 is 0. The Labute approximate surface area is 212 Å². The minimum Gasteiger partial charge on any atom is -0.461 e. The Kier molecular flexibility index (Phi) is 10.1. The molecule has 3 amide bonds.